The highest BCUT2D eigenvalue weighted by Crippen LogP contribution is 2.24. The van der Waals surface area contributed by atoms with Gasteiger partial charge in [-0.2, -0.15) is 5.10 Å². The monoisotopic (exact) mass is 277 g/mol. The molecule has 0 aliphatic carbocycles. The average molecular weight is 278 g/mol. The molecule has 4 heteroatoms. The van der Waals surface area contributed by atoms with E-state index in [0.29, 0.717) is 0 Å². The fourth-order valence-corrected chi connectivity index (χ4v) is 2.54. The Morgan fingerprint density at radius 1 is 1.42 bits per heavy atom. The smallest absolute Gasteiger partial charge is 0.0522 e. The third-order valence-corrected chi connectivity index (χ3v) is 3.64. The lowest BCUT2D eigenvalue weighted by Gasteiger charge is -2.18. The van der Waals surface area contributed by atoms with E-state index in [1.54, 1.807) is 0 Å². The Bertz CT molecular complexity index is 548. The molecule has 0 aliphatic heterocycles. The summed E-state index contributed by atoms with van der Waals surface area (Å²) in [5.74, 6) is 0. The van der Waals surface area contributed by atoms with Crippen LogP contribution in [0.2, 0.25) is 5.02 Å². The van der Waals surface area contributed by atoms with Gasteiger partial charge >= 0.3 is 0 Å². The third-order valence-electron chi connectivity index (χ3n) is 3.41. The maximum atomic E-state index is 6.01. The highest BCUT2D eigenvalue weighted by atomic mass is 35.5. The number of aromatic nitrogens is 2. The van der Waals surface area contributed by atoms with Gasteiger partial charge in [0.2, 0.25) is 0 Å². The lowest BCUT2D eigenvalue weighted by Crippen LogP contribution is -2.19. The second-order valence-corrected chi connectivity index (χ2v) is 5.19. The number of hydrogen-bond donors (Lipinski definition) is 1. The zero-order chi connectivity index (χ0) is 13.8. The summed E-state index contributed by atoms with van der Waals surface area (Å²) < 4.78 is 1.96. The number of halogens is 1. The normalized spacial score (nSPS) is 12.6. The summed E-state index contributed by atoms with van der Waals surface area (Å²) in [4.78, 5) is 0. The topological polar surface area (TPSA) is 29.9 Å². The molecule has 19 heavy (non-hydrogen) atoms. The van der Waals surface area contributed by atoms with Gasteiger partial charge in [-0.15, -0.1) is 0 Å². The van der Waals surface area contributed by atoms with Crippen molar-refractivity contribution in [2.24, 2.45) is 0 Å². The van der Waals surface area contributed by atoms with Crippen molar-refractivity contribution in [1.82, 2.24) is 15.1 Å². The molecule has 0 spiro atoms. The number of likely N-dealkylation sites (N-methyl/N-ethyl adjacent to an activating group) is 1. The Balaban J connectivity index is 2.19. The number of nitrogens with zero attached hydrogens (tertiary/aromatic N) is 2. The number of hydrogen-bond acceptors (Lipinski definition) is 2. The first kappa shape index (κ1) is 14.1. The molecular formula is C15H20ClN3. The fraction of sp³-hybridized carbons (Fsp3) is 0.400. The van der Waals surface area contributed by atoms with Gasteiger partial charge < -0.3 is 5.32 Å². The zero-order valence-corrected chi connectivity index (χ0v) is 12.4. The Morgan fingerprint density at radius 2 is 2.21 bits per heavy atom. The molecule has 1 atom stereocenters. The van der Waals surface area contributed by atoms with Crippen LogP contribution in [-0.4, -0.2) is 16.8 Å². The standard InChI is InChI=1S/C15H20ClN3/c1-4-19-10-12(9-18-19)8-15(17-3)14-6-5-13(16)7-11(14)2/h5-7,9-10,15,17H,4,8H2,1-3H3. The Kier molecular flexibility index (Phi) is 4.61. The molecule has 1 aromatic carbocycles. The zero-order valence-electron chi connectivity index (χ0n) is 11.7. The molecule has 0 bridgehead atoms. The number of rotatable bonds is 5. The van der Waals surface area contributed by atoms with Gasteiger partial charge in [0.1, 0.15) is 0 Å². The maximum Gasteiger partial charge on any atom is 0.0522 e. The molecule has 1 aromatic heterocycles. The van der Waals surface area contributed by atoms with Crippen LogP contribution in [0, 0.1) is 6.92 Å². The van der Waals surface area contributed by atoms with E-state index in [1.165, 1.54) is 16.7 Å². The summed E-state index contributed by atoms with van der Waals surface area (Å²) in [6.45, 7) is 5.10. The van der Waals surface area contributed by atoms with E-state index in [9.17, 15) is 0 Å². The quantitative estimate of drug-likeness (QED) is 0.908. The minimum atomic E-state index is 0.284. The van der Waals surface area contributed by atoms with Gasteiger partial charge in [0.05, 0.1) is 6.20 Å². The molecule has 2 aromatic rings. The van der Waals surface area contributed by atoms with Gasteiger partial charge in [-0.05, 0) is 56.1 Å². The molecule has 0 fully saturated rings. The predicted octanol–water partition coefficient (Wildman–Crippen LogP) is 3.37. The highest BCUT2D eigenvalue weighted by molar-refractivity contribution is 6.30. The summed E-state index contributed by atoms with van der Waals surface area (Å²) in [5.41, 5.74) is 3.75. The maximum absolute atomic E-state index is 6.01. The van der Waals surface area contributed by atoms with Crippen LogP contribution in [0.15, 0.2) is 30.6 Å². The van der Waals surface area contributed by atoms with Gasteiger partial charge in [0.25, 0.3) is 0 Å². The van der Waals surface area contributed by atoms with Gasteiger partial charge in [-0.3, -0.25) is 4.68 Å². The van der Waals surface area contributed by atoms with E-state index < -0.39 is 0 Å². The molecule has 1 heterocycles. The molecule has 1 N–H and O–H groups in total. The van der Waals surface area contributed by atoms with Crippen LogP contribution in [-0.2, 0) is 13.0 Å². The van der Waals surface area contributed by atoms with E-state index in [1.807, 2.05) is 30.1 Å². The van der Waals surface area contributed by atoms with Crippen LogP contribution in [0.1, 0.15) is 29.7 Å². The van der Waals surface area contributed by atoms with E-state index >= 15 is 0 Å². The lowest BCUT2D eigenvalue weighted by molar-refractivity contribution is 0.588. The van der Waals surface area contributed by atoms with Crippen molar-refractivity contribution in [3.63, 3.8) is 0 Å². The average Bonchev–Trinajstić information content (AvgIpc) is 2.84. The van der Waals surface area contributed by atoms with Crippen LogP contribution in [0.3, 0.4) is 0 Å². The van der Waals surface area contributed by atoms with Gasteiger partial charge in [-0.1, -0.05) is 17.7 Å². The van der Waals surface area contributed by atoms with Gasteiger partial charge in [0.15, 0.2) is 0 Å². The second kappa shape index (κ2) is 6.22. The molecule has 0 saturated carbocycles. The minimum Gasteiger partial charge on any atom is -0.313 e. The molecule has 2 rings (SSSR count). The molecular weight excluding hydrogens is 258 g/mol. The molecule has 102 valence electrons. The van der Waals surface area contributed by atoms with Crippen molar-refractivity contribution < 1.29 is 0 Å². The van der Waals surface area contributed by atoms with Crippen molar-refractivity contribution >= 4 is 11.6 Å². The summed E-state index contributed by atoms with van der Waals surface area (Å²) in [6.07, 6.45) is 4.98. The number of aryl methyl sites for hydroxylation is 2. The summed E-state index contributed by atoms with van der Waals surface area (Å²) in [5, 5.41) is 8.48. The largest absolute Gasteiger partial charge is 0.313 e. The Labute approximate surface area is 119 Å². The summed E-state index contributed by atoms with van der Waals surface area (Å²) in [7, 11) is 1.99. The Morgan fingerprint density at radius 3 is 2.79 bits per heavy atom. The van der Waals surface area contributed by atoms with Crippen molar-refractivity contribution in [1.29, 1.82) is 0 Å². The predicted molar refractivity (Wildman–Crippen MR) is 79.6 cm³/mol. The van der Waals surface area contributed by atoms with E-state index in [0.717, 1.165) is 18.0 Å². The SMILES string of the molecule is CCn1cc(CC(NC)c2ccc(Cl)cc2C)cn1. The van der Waals surface area contributed by atoms with Crippen LogP contribution in [0.4, 0.5) is 0 Å². The van der Waals surface area contributed by atoms with Crippen molar-refractivity contribution in [3.8, 4) is 0 Å². The first-order chi connectivity index (χ1) is 9.13. The van der Waals surface area contributed by atoms with E-state index in [-0.39, 0.29) is 6.04 Å². The minimum absolute atomic E-state index is 0.284. The van der Waals surface area contributed by atoms with Crippen LogP contribution in [0.5, 0.6) is 0 Å². The van der Waals surface area contributed by atoms with Gasteiger partial charge in [-0.25, -0.2) is 0 Å². The highest BCUT2D eigenvalue weighted by Gasteiger charge is 2.13. The summed E-state index contributed by atoms with van der Waals surface area (Å²) >= 11 is 6.01. The first-order valence-corrected chi connectivity index (χ1v) is 6.96. The van der Waals surface area contributed by atoms with Crippen LogP contribution in [0.25, 0.3) is 0 Å². The molecule has 0 amide bonds. The van der Waals surface area contributed by atoms with Crippen LogP contribution >= 0.6 is 11.6 Å². The van der Waals surface area contributed by atoms with Gasteiger partial charge in [0, 0.05) is 23.8 Å². The molecule has 1 unspecified atom stereocenters. The molecule has 3 nitrogen and oxygen atoms in total. The summed E-state index contributed by atoms with van der Waals surface area (Å²) in [6, 6.07) is 6.34. The fourth-order valence-electron chi connectivity index (χ4n) is 2.32. The second-order valence-electron chi connectivity index (χ2n) is 4.75. The molecule has 0 aliphatic rings. The van der Waals surface area contributed by atoms with Crippen LogP contribution < -0.4 is 5.32 Å². The first-order valence-electron chi connectivity index (χ1n) is 6.58. The Hall–Kier alpha value is -1.32. The molecule has 0 radical (unpaired) electrons. The van der Waals surface area contributed by atoms with E-state index in [2.05, 4.69) is 36.5 Å². The van der Waals surface area contributed by atoms with Crippen molar-refractivity contribution in [2.75, 3.05) is 7.05 Å². The third kappa shape index (κ3) is 3.37. The number of nitrogens with one attached hydrogen (secondary N) is 1. The molecule has 0 saturated heterocycles. The van der Waals surface area contributed by atoms with Crippen molar-refractivity contribution in [2.45, 2.75) is 32.9 Å². The van der Waals surface area contributed by atoms with Crippen molar-refractivity contribution in [3.05, 3.63) is 52.3 Å². The number of benzene rings is 1. The lowest BCUT2D eigenvalue weighted by atomic mass is 9.97. The van der Waals surface area contributed by atoms with E-state index in [4.69, 9.17) is 11.6 Å².